The van der Waals surface area contributed by atoms with Gasteiger partial charge >= 0.3 is 0 Å². The lowest BCUT2D eigenvalue weighted by molar-refractivity contribution is -0.124. The van der Waals surface area contributed by atoms with Crippen LogP contribution in [0.25, 0.3) is 0 Å². The summed E-state index contributed by atoms with van der Waals surface area (Å²) in [5.41, 5.74) is 7.80. The molecule has 1 rings (SSSR count). The molecule has 1 unspecified atom stereocenters. The van der Waals surface area contributed by atoms with Crippen molar-refractivity contribution in [2.24, 2.45) is 5.73 Å². The van der Waals surface area contributed by atoms with E-state index in [0.29, 0.717) is 0 Å². The van der Waals surface area contributed by atoms with E-state index in [1.165, 1.54) is 0 Å². The van der Waals surface area contributed by atoms with Crippen LogP contribution < -0.4 is 11.1 Å². The number of hydrogen-bond acceptors (Lipinski definition) is 2. The second-order valence-electron chi connectivity index (χ2n) is 5.51. The highest BCUT2D eigenvalue weighted by Gasteiger charge is 2.23. The highest BCUT2D eigenvalue weighted by atomic mass is 16.2. The van der Waals surface area contributed by atoms with Gasteiger partial charge in [-0.15, -0.1) is 0 Å². The van der Waals surface area contributed by atoms with Gasteiger partial charge in [0, 0.05) is 5.54 Å². The first-order valence-corrected chi connectivity index (χ1v) is 6.50. The van der Waals surface area contributed by atoms with Crippen LogP contribution in [0.3, 0.4) is 0 Å². The van der Waals surface area contributed by atoms with E-state index in [1.54, 1.807) is 0 Å². The summed E-state index contributed by atoms with van der Waals surface area (Å²) in [7, 11) is 0. The summed E-state index contributed by atoms with van der Waals surface area (Å²) in [6.45, 7) is 8.17. The lowest BCUT2D eigenvalue weighted by atomic mass is 9.97. The van der Waals surface area contributed by atoms with E-state index in [0.717, 1.165) is 24.0 Å². The van der Waals surface area contributed by atoms with Gasteiger partial charge in [-0.05, 0) is 32.8 Å². The maximum absolute atomic E-state index is 12.1. The van der Waals surface area contributed by atoms with Crippen LogP contribution in [0.5, 0.6) is 0 Å². The Kier molecular flexibility index (Phi) is 4.91. The smallest absolute Gasteiger partial charge is 0.241 e. The first kappa shape index (κ1) is 14.7. The van der Waals surface area contributed by atoms with Crippen molar-refractivity contribution in [3.05, 3.63) is 35.4 Å². The van der Waals surface area contributed by atoms with Crippen LogP contribution in [-0.2, 0) is 4.79 Å². The fourth-order valence-electron chi connectivity index (χ4n) is 2.02. The summed E-state index contributed by atoms with van der Waals surface area (Å²) in [4.78, 5) is 12.1. The van der Waals surface area contributed by atoms with E-state index in [9.17, 15) is 4.79 Å². The molecular weight excluding hydrogens is 224 g/mol. The van der Waals surface area contributed by atoms with Gasteiger partial charge in [0.15, 0.2) is 0 Å². The average molecular weight is 248 g/mol. The van der Waals surface area contributed by atoms with Crippen LogP contribution in [0.2, 0.25) is 0 Å². The monoisotopic (exact) mass is 248 g/mol. The molecule has 3 heteroatoms. The van der Waals surface area contributed by atoms with E-state index < -0.39 is 6.04 Å². The van der Waals surface area contributed by atoms with Crippen LogP contribution in [0.4, 0.5) is 0 Å². The third-order valence-corrected chi connectivity index (χ3v) is 3.06. The Morgan fingerprint density at radius 1 is 1.33 bits per heavy atom. The Morgan fingerprint density at radius 3 is 2.39 bits per heavy atom. The molecule has 3 N–H and O–H groups in total. The Hall–Kier alpha value is -1.35. The molecular formula is C15H24N2O. The molecule has 100 valence electrons. The van der Waals surface area contributed by atoms with Crippen molar-refractivity contribution in [1.29, 1.82) is 0 Å². The molecule has 0 radical (unpaired) electrons. The highest BCUT2D eigenvalue weighted by Crippen LogP contribution is 2.15. The minimum atomic E-state index is -0.596. The summed E-state index contributed by atoms with van der Waals surface area (Å²) >= 11 is 0. The van der Waals surface area contributed by atoms with Crippen molar-refractivity contribution in [3.63, 3.8) is 0 Å². The number of nitrogens with two attached hydrogens (primary N) is 1. The fraction of sp³-hybridized carbons (Fsp3) is 0.533. The van der Waals surface area contributed by atoms with Crippen molar-refractivity contribution in [2.45, 2.75) is 52.1 Å². The fourth-order valence-corrected chi connectivity index (χ4v) is 2.02. The molecule has 0 aliphatic rings. The van der Waals surface area contributed by atoms with E-state index in [-0.39, 0.29) is 11.4 Å². The van der Waals surface area contributed by atoms with E-state index >= 15 is 0 Å². The molecule has 1 atom stereocenters. The van der Waals surface area contributed by atoms with Crippen molar-refractivity contribution in [3.8, 4) is 0 Å². The SMILES string of the molecule is CCCC(C)(C)NC(=O)C(N)c1ccc(C)cc1. The summed E-state index contributed by atoms with van der Waals surface area (Å²) in [6.07, 6.45) is 1.98. The molecule has 18 heavy (non-hydrogen) atoms. The zero-order chi connectivity index (χ0) is 13.8. The number of carbonyl (C=O) groups is 1. The molecule has 0 aromatic heterocycles. The van der Waals surface area contributed by atoms with Gasteiger partial charge in [-0.3, -0.25) is 4.79 Å². The van der Waals surface area contributed by atoms with Gasteiger partial charge in [0.25, 0.3) is 0 Å². The first-order valence-electron chi connectivity index (χ1n) is 6.50. The predicted octanol–water partition coefficient (Wildman–Crippen LogP) is 2.69. The molecule has 0 bridgehead atoms. The number of hydrogen-bond donors (Lipinski definition) is 2. The predicted molar refractivity (Wildman–Crippen MR) is 75.2 cm³/mol. The van der Waals surface area contributed by atoms with Gasteiger partial charge in [0.2, 0.25) is 5.91 Å². The lowest BCUT2D eigenvalue weighted by Gasteiger charge is -2.27. The number of carbonyl (C=O) groups excluding carboxylic acids is 1. The third-order valence-electron chi connectivity index (χ3n) is 3.06. The van der Waals surface area contributed by atoms with Crippen molar-refractivity contribution in [1.82, 2.24) is 5.32 Å². The Balaban J connectivity index is 2.69. The zero-order valence-electron chi connectivity index (χ0n) is 11.8. The van der Waals surface area contributed by atoms with Gasteiger partial charge in [0.05, 0.1) is 0 Å². The molecule has 1 aromatic carbocycles. The Morgan fingerprint density at radius 2 is 1.89 bits per heavy atom. The average Bonchev–Trinajstić information content (AvgIpc) is 2.28. The van der Waals surface area contributed by atoms with Crippen LogP contribution in [-0.4, -0.2) is 11.4 Å². The standard InChI is InChI=1S/C15H24N2O/c1-5-10-15(3,4)17-14(18)13(16)12-8-6-11(2)7-9-12/h6-9,13H,5,10,16H2,1-4H3,(H,17,18). The van der Waals surface area contributed by atoms with Gasteiger partial charge in [-0.1, -0.05) is 43.2 Å². The van der Waals surface area contributed by atoms with Crippen LogP contribution in [0, 0.1) is 6.92 Å². The number of benzene rings is 1. The molecule has 1 amide bonds. The maximum atomic E-state index is 12.1. The van der Waals surface area contributed by atoms with Gasteiger partial charge < -0.3 is 11.1 Å². The molecule has 0 saturated carbocycles. The second kappa shape index (κ2) is 6.01. The lowest BCUT2D eigenvalue weighted by Crippen LogP contribution is -2.47. The van der Waals surface area contributed by atoms with E-state index in [1.807, 2.05) is 45.0 Å². The summed E-state index contributed by atoms with van der Waals surface area (Å²) < 4.78 is 0. The first-order chi connectivity index (χ1) is 8.35. The van der Waals surface area contributed by atoms with Crippen molar-refractivity contribution < 1.29 is 4.79 Å². The largest absolute Gasteiger partial charge is 0.350 e. The summed E-state index contributed by atoms with van der Waals surface area (Å²) in [6, 6.07) is 7.17. The van der Waals surface area contributed by atoms with Crippen LogP contribution in [0.1, 0.15) is 50.8 Å². The number of rotatable bonds is 5. The maximum Gasteiger partial charge on any atom is 0.241 e. The molecule has 0 spiro atoms. The van der Waals surface area contributed by atoms with Crippen molar-refractivity contribution >= 4 is 5.91 Å². The Labute approximate surface area is 110 Å². The van der Waals surface area contributed by atoms with Crippen molar-refractivity contribution in [2.75, 3.05) is 0 Å². The molecule has 1 aromatic rings. The topological polar surface area (TPSA) is 55.1 Å². The van der Waals surface area contributed by atoms with E-state index in [2.05, 4.69) is 12.2 Å². The van der Waals surface area contributed by atoms with Crippen LogP contribution in [0.15, 0.2) is 24.3 Å². The quantitative estimate of drug-likeness (QED) is 0.841. The van der Waals surface area contributed by atoms with E-state index in [4.69, 9.17) is 5.73 Å². The molecule has 0 fully saturated rings. The van der Waals surface area contributed by atoms with Gasteiger partial charge in [-0.2, -0.15) is 0 Å². The summed E-state index contributed by atoms with van der Waals surface area (Å²) in [5.74, 6) is -0.114. The number of nitrogens with one attached hydrogen (secondary N) is 1. The minimum absolute atomic E-state index is 0.114. The number of amides is 1. The van der Waals surface area contributed by atoms with Gasteiger partial charge in [0.1, 0.15) is 6.04 Å². The Bertz CT molecular complexity index is 395. The third kappa shape index (κ3) is 4.15. The highest BCUT2D eigenvalue weighted by molar-refractivity contribution is 5.83. The molecule has 0 saturated heterocycles. The van der Waals surface area contributed by atoms with Gasteiger partial charge in [-0.25, -0.2) is 0 Å². The van der Waals surface area contributed by atoms with Crippen LogP contribution >= 0.6 is 0 Å². The zero-order valence-corrected chi connectivity index (χ0v) is 11.8. The molecule has 0 heterocycles. The molecule has 0 aliphatic heterocycles. The molecule has 0 aliphatic carbocycles. The molecule has 3 nitrogen and oxygen atoms in total. The minimum Gasteiger partial charge on any atom is -0.350 e. The second-order valence-corrected chi connectivity index (χ2v) is 5.51. The summed E-state index contributed by atoms with van der Waals surface area (Å²) in [5, 5.41) is 3.01. The normalized spacial score (nSPS) is 13.2. The number of aryl methyl sites for hydroxylation is 1.